The van der Waals surface area contributed by atoms with Crippen molar-refractivity contribution < 1.29 is 4.79 Å². The first-order valence-corrected chi connectivity index (χ1v) is 7.98. The highest BCUT2D eigenvalue weighted by atomic mass is 35.5. The number of fused-ring (bicyclic) bond motifs is 1. The second-order valence-corrected chi connectivity index (χ2v) is 6.08. The van der Waals surface area contributed by atoms with Crippen LogP contribution in [0.5, 0.6) is 0 Å². The molecule has 3 nitrogen and oxygen atoms in total. The van der Waals surface area contributed by atoms with Crippen molar-refractivity contribution in [2.75, 3.05) is 18.4 Å². The molecule has 3 rings (SSSR count). The number of carbonyl (C=O) groups excluding carboxylic acids is 1. The molecule has 2 N–H and O–H groups in total. The van der Waals surface area contributed by atoms with Crippen LogP contribution in [0.3, 0.4) is 0 Å². The van der Waals surface area contributed by atoms with Gasteiger partial charge < -0.3 is 10.6 Å². The summed E-state index contributed by atoms with van der Waals surface area (Å²) >= 11 is 0. The number of hydrogen-bond acceptors (Lipinski definition) is 2. The van der Waals surface area contributed by atoms with Gasteiger partial charge in [-0.3, -0.25) is 4.79 Å². The van der Waals surface area contributed by atoms with Gasteiger partial charge in [0.15, 0.2) is 0 Å². The third kappa shape index (κ3) is 3.91. The van der Waals surface area contributed by atoms with E-state index in [-0.39, 0.29) is 18.3 Å². The van der Waals surface area contributed by atoms with Crippen LogP contribution in [0.25, 0.3) is 0 Å². The van der Waals surface area contributed by atoms with Crippen molar-refractivity contribution in [1.82, 2.24) is 5.32 Å². The zero-order chi connectivity index (χ0) is 13.8. The Bertz CT molecular complexity index is 484. The first-order valence-electron chi connectivity index (χ1n) is 7.98. The smallest absolute Gasteiger partial charge is 0.251 e. The average Bonchev–Trinajstić information content (AvgIpc) is 2.53. The van der Waals surface area contributed by atoms with Crippen molar-refractivity contribution >= 4 is 24.0 Å². The largest absolute Gasteiger partial charge is 0.385 e. The van der Waals surface area contributed by atoms with Crippen LogP contribution < -0.4 is 10.6 Å². The van der Waals surface area contributed by atoms with Crippen LogP contribution in [0.15, 0.2) is 18.2 Å². The van der Waals surface area contributed by atoms with E-state index in [2.05, 4.69) is 16.7 Å². The Kier molecular flexibility index (Phi) is 5.92. The normalized spacial score (nSPS) is 18.1. The summed E-state index contributed by atoms with van der Waals surface area (Å²) in [5.74, 6) is 0.793. The van der Waals surface area contributed by atoms with Gasteiger partial charge in [-0.1, -0.05) is 25.3 Å². The zero-order valence-electron chi connectivity index (χ0n) is 12.5. The number of carbonyl (C=O) groups is 1. The minimum Gasteiger partial charge on any atom is -0.385 e. The van der Waals surface area contributed by atoms with Gasteiger partial charge in [-0.25, -0.2) is 0 Å². The Morgan fingerprint density at radius 1 is 1.19 bits per heavy atom. The number of benzene rings is 1. The van der Waals surface area contributed by atoms with Gasteiger partial charge in [-0.05, 0) is 49.3 Å². The van der Waals surface area contributed by atoms with Crippen LogP contribution >= 0.6 is 12.4 Å². The first kappa shape index (κ1) is 16.2. The van der Waals surface area contributed by atoms with Crippen molar-refractivity contribution in [2.45, 2.75) is 44.9 Å². The van der Waals surface area contributed by atoms with E-state index in [1.54, 1.807) is 0 Å². The fourth-order valence-corrected chi connectivity index (χ4v) is 3.45. The van der Waals surface area contributed by atoms with Crippen LogP contribution in [-0.4, -0.2) is 19.0 Å². The number of amides is 1. The van der Waals surface area contributed by atoms with Gasteiger partial charge >= 0.3 is 0 Å². The third-order valence-corrected chi connectivity index (χ3v) is 4.62. The summed E-state index contributed by atoms with van der Waals surface area (Å²) in [5.41, 5.74) is 3.20. The molecule has 1 heterocycles. The number of anilines is 1. The molecule has 0 unspecified atom stereocenters. The molecule has 0 bridgehead atoms. The van der Waals surface area contributed by atoms with Crippen LogP contribution in [0.1, 0.15) is 54.4 Å². The van der Waals surface area contributed by atoms with E-state index in [4.69, 9.17) is 0 Å². The van der Waals surface area contributed by atoms with Crippen molar-refractivity contribution in [3.8, 4) is 0 Å². The van der Waals surface area contributed by atoms with Crippen LogP contribution in [0.4, 0.5) is 5.69 Å². The van der Waals surface area contributed by atoms with Gasteiger partial charge in [0.25, 0.3) is 5.91 Å². The summed E-state index contributed by atoms with van der Waals surface area (Å²) in [6, 6.07) is 6.02. The molecule has 1 aliphatic carbocycles. The second-order valence-electron chi connectivity index (χ2n) is 6.08. The highest BCUT2D eigenvalue weighted by Crippen LogP contribution is 2.26. The molecule has 2 aliphatic rings. The van der Waals surface area contributed by atoms with E-state index in [9.17, 15) is 4.79 Å². The third-order valence-electron chi connectivity index (χ3n) is 4.62. The Morgan fingerprint density at radius 2 is 2.00 bits per heavy atom. The van der Waals surface area contributed by atoms with Crippen molar-refractivity contribution in [3.05, 3.63) is 29.3 Å². The summed E-state index contributed by atoms with van der Waals surface area (Å²) in [5, 5.41) is 6.54. The SMILES string of the molecule is Cl.O=C(NCC1CCCCC1)c1cccc2c1CCCN2. The standard InChI is InChI=1S/C17H24N2O.ClH/c20-17(19-12-13-6-2-1-3-7-13)15-8-4-10-16-14(15)9-5-11-18-16;/h4,8,10,13,18H,1-3,5-7,9,11-12H2,(H,19,20);1H. The van der Waals surface area contributed by atoms with Crippen LogP contribution in [0.2, 0.25) is 0 Å². The lowest BCUT2D eigenvalue weighted by Crippen LogP contribution is -2.31. The lowest BCUT2D eigenvalue weighted by atomic mass is 9.89. The average molecular weight is 309 g/mol. The molecule has 1 saturated carbocycles. The zero-order valence-corrected chi connectivity index (χ0v) is 13.3. The van der Waals surface area contributed by atoms with Crippen molar-refractivity contribution in [3.63, 3.8) is 0 Å². The van der Waals surface area contributed by atoms with E-state index < -0.39 is 0 Å². The van der Waals surface area contributed by atoms with Gasteiger partial charge in [0, 0.05) is 24.3 Å². The topological polar surface area (TPSA) is 41.1 Å². The van der Waals surface area contributed by atoms with E-state index in [0.717, 1.165) is 37.2 Å². The molecule has 1 aromatic carbocycles. The maximum absolute atomic E-state index is 12.4. The number of rotatable bonds is 3. The lowest BCUT2D eigenvalue weighted by Gasteiger charge is -2.23. The van der Waals surface area contributed by atoms with Crippen molar-refractivity contribution in [1.29, 1.82) is 0 Å². The van der Waals surface area contributed by atoms with Gasteiger partial charge in [0.2, 0.25) is 0 Å². The Morgan fingerprint density at radius 3 is 2.81 bits per heavy atom. The fourth-order valence-electron chi connectivity index (χ4n) is 3.45. The molecule has 0 spiro atoms. The van der Waals surface area contributed by atoms with Gasteiger partial charge in [0.05, 0.1) is 0 Å². The first-order chi connectivity index (χ1) is 9.84. The Hall–Kier alpha value is -1.22. The predicted octanol–water partition coefficient (Wildman–Crippen LogP) is 3.78. The van der Waals surface area contributed by atoms with Gasteiger partial charge in [0.1, 0.15) is 0 Å². The Balaban J connectivity index is 0.00000161. The molecule has 21 heavy (non-hydrogen) atoms. The molecular weight excluding hydrogens is 284 g/mol. The molecule has 4 heteroatoms. The van der Waals surface area contributed by atoms with E-state index in [1.807, 2.05) is 12.1 Å². The molecule has 1 fully saturated rings. The molecule has 1 aromatic rings. The maximum atomic E-state index is 12.4. The minimum absolute atomic E-state index is 0. The fraction of sp³-hybridized carbons (Fsp3) is 0.588. The van der Waals surface area contributed by atoms with E-state index >= 15 is 0 Å². The predicted molar refractivity (Wildman–Crippen MR) is 89.4 cm³/mol. The summed E-state index contributed by atoms with van der Waals surface area (Å²) in [4.78, 5) is 12.4. The quantitative estimate of drug-likeness (QED) is 0.892. The Labute approximate surface area is 133 Å². The minimum atomic E-state index is 0. The highest BCUT2D eigenvalue weighted by Gasteiger charge is 2.19. The molecule has 0 radical (unpaired) electrons. The molecule has 1 aliphatic heterocycles. The van der Waals surface area contributed by atoms with Crippen LogP contribution in [-0.2, 0) is 6.42 Å². The summed E-state index contributed by atoms with van der Waals surface area (Å²) in [7, 11) is 0. The van der Waals surface area contributed by atoms with Gasteiger partial charge in [-0.2, -0.15) is 0 Å². The molecular formula is C17H25ClN2O. The maximum Gasteiger partial charge on any atom is 0.251 e. The monoisotopic (exact) mass is 308 g/mol. The summed E-state index contributed by atoms with van der Waals surface area (Å²) in [6.07, 6.45) is 8.68. The summed E-state index contributed by atoms with van der Waals surface area (Å²) in [6.45, 7) is 1.86. The molecule has 0 atom stereocenters. The van der Waals surface area contributed by atoms with Crippen molar-refractivity contribution in [2.24, 2.45) is 5.92 Å². The second kappa shape index (κ2) is 7.69. The number of hydrogen-bond donors (Lipinski definition) is 2. The molecule has 0 saturated heterocycles. The van der Waals surface area contributed by atoms with E-state index in [0.29, 0.717) is 5.92 Å². The molecule has 1 amide bonds. The molecule has 0 aromatic heterocycles. The molecule has 116 valence electrons. The van der Waals surface area contributed by atoms with Crippen LogP contribution in [0, 0.1) is 5.92 Å². The number of nitrogens with one attached hydrogen (secondary N) is 2. The lowest BCUT2D eigenvalue weighted by molar-refractivity contribution is 0.0942. The van der Waals surface area contributed by atoms with Gasteiger partial charge in [-0.15, -0.1) is 12.4 Å². The highest BCUT2D eigenvalue weighted by molar-refractivity contribution is 5.97. The number of halogens is 1. The van der Waals surface area contributed by atoms with E-state index in [1.165, 1.54) is 37.7 Å². The summed E-state index contributed by atoms with van der Waals surface area (Å²) < 4.78 is 0.